The number of nitrogens with one attached hydrogen (secondary N) is 1. The smallest absolute Gasteiger partial charge is 0.142 e. The zero-order valence-corrected chi connectivity index (χ0v) is 12.5. The molecular formula is C17H17N3O3. The molecule has 0 aliphatic heterocycles. The summed E-state index contributed by atoms with van der Waals surface area (Å²) in [6, 6.07) is 7.36. The second-order valence-electron chi connectivity index (χ2n) is 4.81. The molecule has 0 unspecified atom stereocenters. The van der Waals surface area contributed by atoms with Gasteiger partial charge in [-0.1, -0.05) is 12.7 Å². The van der Waals surface area contributed by atoms with Crippen LogP contribution in [0.2, 0.25) is 0 Å². The van der Waals surface area contributed by atoms with Crippen LogP contribution in [0, 0.1) is 0 Å². The lowest BCUT2D eigenvalue weighted by Gasteiger charge is -2.11. The fraction of sp³-hybridized carbons (Fsp3) is 0.176. The van der Waals surface area contributed by atoms with E-state index in [-0.39, 0.29) is 13.2 Å². The number of aromatic nitrogens is 3. The van der Waals surface area contributed by atoms with E-state index in [1.807, 2.05) is 18.2 Å². The highest BCUT2D eigenvalue weighted by molar-refractivity contribution is 5.80. The summed E-state index contributed by atoms with van der Waals surface area (Å²) in [5, 5.41) is 9.01. The first-order chi connectivity index (χ1) is 11.3. The number of hydrogen-bond acceptors (Lipinski definition) is 5. The topological polar surface area (TPSA) is 80.3 Å². The number of aromatic amines is 1. The first-order valence-corrected chi connectivity index (χ1v) is 7.23. The van der Waals surface area contributed by atoms with Crippen LogP contribution in [0.1, 0.15) is 0 Å². The molecule has 3 rings (SSSR count). The number of aliphatic hydroxyl groups excluding tert-OH is 1. The minimum absolute atomic E-state index is 0.0682. The van der Waals surface area contributed by atoms with E-state index >= 15 is 0 Å². The van der Waals surface area contributed by atoms with E-state index in [2.05, 4.69) is 21.5 Å². The molecule has 0 radical (unpaired) electrons. The van der Waals surface area contributed by atoms with Crippen molar-refractivity contribution in [2.45, 2.75) is 0 Å². The Bertz CT molecular complexity index is 781. The Hall–Kier alpha value is -2.86. The van der Waals surface area contributed by atoms with Crippen molar-refractivity contribution in [2.24, 2.45) is 0 Å². The zero-order valence-electron chi connectivity index (χ0n) is 12.5. The van der Waals surface area contributed by atoms with Crippen molar-refractivity contribution in [2.75, 3.05) is 19.8 Å². The van der Waals surface area contributed by atoms with Crippen molar-refractivity contribution in [3.05, 3.63) is 49.3 Å². The first-order valence-electron chi connectivity index (χ1n) is 7.23. The standard InChI is InChI=1S/C17H17N3O3/c1-2-8-22-12-3-4-13(16(10-12)23-9-7-21)17-19-14-5-6-18-11-15(14)20-17/h2-6,10-11,21H,1,7-9H2,(H,19,20). The van der Waals surface area contributed by atoms with Gasteiger partial charge in [-0.25, -0.2) is 4.98 Å². The molecule has 23 heavy (non-hydrogen) atoms. The Balaban J connectivity index is 2.00. The van der Waals surface area contributed by atoms with Crippen molar-refractivity contribution in [3.63, 3.8) is 0 Å². The van der Waals surface area contributed by atoms with Gasteiger partial charge in [-0.05, 0) is 18.2 Å². The quantitative estimate of drug-likeness (QED) is 0.656. The van der Waals surface area contributed by atoms with Gasteiger partial charge in [-0.2, -0.15) is 0 Å². The average molecular weight is 311 g/mol. The van der Waals surface area contributed by atoms with Crippen molar-refractivity contribution >= 4 is 11.0 Å². The summed E-state index contributed by atoms with van der Waals surface area (Å²) >= 11 is 0. The van der Waals surface area contributed by atoms with Crippen LogP contribution in [-0.4, -0.2) is 39.9 Å². The third-order valence-corrected chi connectivity index (χ3v) is 3.21. The largest absolute Gasteiger partial charge is 0.490 e. The fourth-order valence-corrected chi connectivity index (χ4v) is 2.20. The maximum absolute atomic E-state index is 9.01. The molecule has 2 heterocycles. The molecule has 0 spiro atoms. The summed E-state index contributed by atoms with van der Waals surface area (Å²) in [7, 11) is 0. The highest BCUT2D eigenvalue weighted by Crippen LogP contribution is 2.33. The maximum Gasteiger partial charge on any atom is 0.142 e. The highest BCUT2D eigenvalue weighted by atomic mass is 16.5. The van der Waals surface area contributed by atoms with E-state index in [0.29, 0.717) is 23.9 Å². The second-order valence-corrected chi connectivity index (χ2v) is 4.81. The Morgan fingerprint density at radius 2 is 2.17 bits per heavy atom. The predicted molar refractivity (Wildman–Crippen MR) is 87.6 cm³/mol. The number of fused-ring (bicyclic) bond motifs is 1. The minimum atomic E-state index is -0.0682. The number of imidazole rings is 1. The molecule has 6 nitrogen and oxygen atoms in total. The van der Waals surface area contributed by atoms with Gasteiger partial charge in [-0.3, -0.25) is 4.98 Å². The van der Waals surface area contributed by atoms with E-state index < -0.39 is 0 Å². The lowest BCUT2D eigenvalue weighted by Crippen LogP contribution is -2.03. The fourth-order valence-electron chi connectivity index (χ4n) is 2.20. The summed E-state index contributed by atoms with van der Waals surface area (Å²) in [5.74, 6) is 1.93. The van der Waals surface area contributed by atoms with Crippen molar-refractivity contribution < 1.29 is 14.6 Å². The van der Waals surface area contributed by atoms with Crippen LogP contribution in [0.3, 0.4) is 0 Å². The van der Waals surface area contributed by atoms with Gasteiger partial charge in [0.25, 0.3) is 0 Å². The van der Waals surface area contributed by atoms with Gasteiger partial charge >= 0.3 is 0 Å². The number of H-pyrrole nitrogens is 1. The Morgan fingerprint density at radius 3 is 2.96 bits per heavy atom. The lowest BCUT2D eigenvalue weighted by atomic mass is 10.2. The third kappa shape index (κ3) is 3.32. The molecule has 0 aliphatic carbocycles. The van der Waals surface area contributed by atoms with Crippen molar-refractivity contribution in [1.29, 1.82) is 0 Å². The van der Waals surface area contributed by atoms with Gasteiger partial charge in [0, 0.05) is 12.3 Å². The van der Waals surface area contributed by atoms with E-state index in [9.17, 15) is 0 Å². The van der Waals surface area contributed by atoms with Crippen molar-refractivity contribution in [3.8, 4) is 22.9 Å². The summed E-state index contributed by atoms with van der Waals surface area (Å²) in [5.41, 5.74) is 2.47. The van der Waals surface area contributed by atoms with Crippen LogP contribution in [0.4, 0.5) is 0 Å². The molecular weight excluding hydrogens is 294 g/mol. The van der Waals surface area contributed by atoms with E-state index in [4.69, 9.17) is 14.6 Å². The molecule has 0 fully saturated rings. The number of ether oxygens (including phenoxy) is 2. The van der Waals surface area contributed by atoms with Crippen LogP contribution in [-0.2, 0) is 0 Å². The molecule has 118 valence electrons. The first kappa shape index (κ1) is 15.1. The van der Waals surface area contributed by atoms with Gasteiger partial charge in [0.1, 0.15) is 36.1 Å². The van der Waals surface area contributed by atoms with E-state index in [1.165, 1.54) is 0 Å². The third-order valence-electron chi connectivity index (χ3n) is 3.21. The molecule has 1 aromatic carbocycles. The number of rotatable bonds is 7. The van der Waals surface area contributed by atoms with Gasteiger partial charge < -0.3 is 19.6 Å². The summed E-state index contributed by atoms with van der Waals surface area (Å²) in [6.45, 7) is 4.16. The van der Waals surface area contributed by atoms with Crippen LogP contribution in [0.15, 0.2) is 49.3 Å². The zero-order chi connectivity index (χ0) is 16.1. The van der Waals surface area contributed by atoms with Gasteiger partial charge in [0.2, 0.25) is 0 Å². The van der Waals surface area contributed by atoms with Crippen LogP contribution < -0.4 is 9.47 Å². The average Bonchev–Trinajstić information content (AvgIpc) is 3.02. The highest BCUT2D eigenvalue weighted by Gasteiger charge is 2.12. The normalized spacial score (nSPS) is 10.7. The molecule has 0 bridgehead atoms. The Kier molecular flexibility index (Phi) is 4.54. The number of benzene rings is 1. The summed E-state index contributed by atoms with van der Waals surface area (Å²) in [6.07, 6.45) is 5.08. The Labute approximate surface area is 133 Å². The second kappa shape index (κ2) is 6.93. The van der Waals surface area contributed by atoms with Crippen LogP contribution >= 0.6 is 0 Å². The molecule has 0 saturated carbocycles. The van der Waals surface area contributed by atoms with Gasteiger partial charge in [0.15, 0.2) is 0 Å². The molecule has 0 atom stereocenters. The number of nitrogens with zero attached hydrogens (tertiary/aromatic N) is 2. The number of hydrogen-bond donors (Lipinski definition) is 2. The molecule has 2 aromatic heterocycles. The Morgan fingerprint density at radius 1 is 1.26 bits per heavy atom. The predicted octanol–water partition coefficient (Wildman–Crippen LogP) is 2.56. The molecule has 0 aliphatic rings. The lowest BCUT2D eigenvalue weighted by molar-refractivity contribution is 0.201. The SMILES string of the molecule is C=CCOc1ccc(-c2nc3cnccc3[nH]2)c(OCCO)c1. The summed E-state index contributed by atoms with van der Waals surface area (Å²) in [4.78, 5) is 11.8. The van der Waals surface area contributed by atoms with Crippen LogP contribution in [0.25, 0.3) is 22.4 Å². The molecule has 0 amide bonds. The minimum Gasteiger partial charge on any atom is -0.490 e. The van der Waals surface area contributed by atoms with E-state index in [0.717, 1.165) is 16.6 Å². The molecule has 0 saturated heterocycles. The van der Waals surface area contributed by atoms with Crippen molar-refractivity contribution in [1.82, 2.24) is 15.0 Å². The van der Waals surface area contributed by atoms with E-state index in [1.54, 1.807) is 24.5 Å². The summed E-state index contributed by atoms with van der Waals surface area (Å²) < 4.78 is 11.2. The molecule has 3 aromatic rings. The maximum atomic E-state index is 9.01. The molecule has 2 N–H and O–H groups in total. The molecule has 6 heteroatoms. The number of pyridine rings is 1. The van der Waals surface area contributed by atoms with Gasteiger partial charge in [-0.15, -0.1) is 0 Å². The number of aliphatic hydroxyl groups is 1. The van der Waals surface area contributed by atoms with Crippen LogP contribution in [0.5, 0.6) is 11.5 Å². The van der Waals surface area contributed by atoms with Gasteiger partial charge in [0.05, 0.1) is 23.9 Å². The monoisotopic (exact) mass is 311 g/mol.